The Kier molecular flexibility index (Phi) is 2.82. The first kappa shape index (κ1) is 9.91. The fraction of sp³-hybridized carbons (Fsp3) is 0.0833. The highest BCUT2D eigenvalue weighted by atomic mass is 32.1. The predicted octanol–water partition coefficient (Wildman–Crippen LogP) is 2.78. The van der Waals surface area contributed by atoms with Crippen LogP contribution >= 0.6 is 11.3 Å². The van der Waals surface area contributed by atoms with E-state index in [2.05, 4.69) is 6.07 Å². The van der Waals surface area contributed by atoms with Crippen molar-refractivity contribution < 1.29 is 5.11 Å². The van der Waals surface area contributed by atoms with E-state index in [1.54, 1.807) is 17.4 Å². The molecule has 1 aromatic heterocycles. The van der Waals surface area contributed by atoms with Gasteiger partial charge in [-0.15, -0.1) is 11.3 Å². The highest BCUT2D eigenvalue weighted by Crippen LogP contribution is 2.28. The van der Waals surface area contributed by atoms with Crippen molar-refractivity contribution in [2.24, 2.45) is 0 Å². The summed E-state index contributed by atoms with van der Waals surface area (Å²) in [4.78, 5) is 2.02. The molecule has 0 aliphatic rings. The molecule has 0 amide bonds. The lowest BCUT2D eigenvalue weighted by molar-refractivity contribution is 0.285. The van der Waals surface area contributed by atoms with E-state index in [9.17, 15) is 0 Å². The van der Waals surface area contributed by atoms with Crippen LogP contribution in [0.2, 0.25) is 0 Å². The van der Waals surface area contributed by atoms with Crippen LogP contribution in [0.15, 0.2) is 36.4 Å². The molecule has 0 aliphatic carbocycles. The van der Waals surface area contributed by atoms with Gasteiger partial charge in [0.05, 0.1) is 18.2 Å². The van der Waals surface area contributed by atoms with Crippen molar-refractivity contribution in [1.29, 1.82) is 5.26 Å². The minimum atomic E-state index is 0.0720. The summed E-state index contributed by atoms with van der Waals surface area (Å²) < 4.78 is 0. The second-order valence-corrected chi connectivity index (χ2v) is 4.29. The molecule has 0 aliphatic heterocycles. The van der Waals surface area contributed by atoms with Gasteiger partial charge < -0.3 is 5.11 Å². The number of thiophene rings is 1. The van der Waals surface area contributed by atoms with E-state index in [1.165, 1.54) is 0 Å². The Morgan fingerprint density at radius 2 is 2.13 bits per heavy atom. The third kappa shape index (κ3) is 2.07. The van der Waals surface area contributed by atoms with Crippen LogP contribution in [0.4, 0.5) is 0 Å². The Hall–Kier alpha value is -1.63. The average Bonchev–Trinajstić information content (AvgIpc) is 2.78. The van der Waals surface area contributed by atoms with Gasteiger partial charge in [-0.25, -0.2) is 0 Å². The van der Waals surface area contributed by atoms with Crippen LogP contribution in [0.5, 0.6) is 0 Å². The van der Waals surface area contributed by atoms with Crippen LogP contribution in [0.3, 0.4) is 0 Å². The second kappa shape index (κ2) is 4.26. The van der Waals surface area contributed by atoms with Crippen LogP contribution < -0.4 is 0 Å². The summed E-state index contributed by atoms with van der Waals surface area (Å²) in [7, 11) is 0. The van der Waals surface area contributed by atoms with Gasteiger partial charge >= 0.3 is 0 Å². The van der Waals surface area contributed by atoms with Crippen LogP contribution in [-0.4, -0.2) is 5.11 Å². The summed E-state index contributed by atoms with van der Waals surface area (Å²) in [6.45, 7) is 0.0720. The summed E-state index contributed by atoms with van der Waals surface area (Å²) >= 11 is 1.55. The number of hydrogen-bond donors (Lipinski definition) is 1. The monoisotopic (exact) mass is 215 g/mol. The lowest BCUT2D eigenvalue weighted by atomic mass is 10.1. The third-order valence-electron chi connectivity index (χ3n) is 2.09. The van der Waals surface area contributed by atoms with Crippen LogP contribution in [0, 0.1) is 11.3 Å². The molecule has 1 N–H and O–H groups in total. The van der Waals surface area contributed by atoms with Crippen molar-refractivity contribution in [2.45, 2.75) is 6.61 Å². The van der Waals surface area contributed by atoms with E-state index >= 15 is 0 Å². The SMILES string of the molecule is N#Cc1cccc(-c2ccc(CO)s2)c1. The topological polar surface area (TPSA) is 44.0 Å². The number of nitrogens with zero attached hydrogens (tertiary/aromatic N) is 1. The van der Waals surface area contributed by atoms with E-state index in [0.29, 0.717) is 5.56 Å². The van der Waals surface area contributed by atoms with Crippen LogP contribution in [-0.2, 0) is 6.61 Å². The predicted molar refractivity (Wildman–Crippen MR) is 60.4 cm³/mol. The van der Waals surface area contributed by atoms with Crippen molar-refractivity contribution in [3.05, 3.63) is 46.8 Å². The van der Waals surface area contributed by atoms with E-state index in [4.69, 9.17) is 10.4 Å². The van der Waals surface area contributed by atoms with E-state index in [0.717, 1.165) is 15.3 Å². The summed E-state index contributed by atoms with van der Waals surface area (Å²) in [6.07, 6.45) is 0. The van der Waals surface area contributed by atoms with Gasteiger partial charge in [-0.3, -0.25) is 0 Å². The zero-order valence-electron chi connectivity index (χ0n) is 7.97. The molecule has 2 rings (SSSR count). The number of nitriles is 1. The molecule has 0 bridgehead atoms. The molecule has 0 saturated carbocycles. The second-order valence-electron chi connectivity index (χ2n) is 3.12. The number of benzene rings is 1. The van der Waals surface area contributed by atoms with E-state index < -0.39 is 0 Å². The Bertz CT molecular complexity index is 510. The molecule has 0 spiro atoms. The quantitative estimate of drug-likeness (QED) is 0.837. The minimum Gasteiger partial charge on any atom is -0.391 e. The highest BCUT2D eigenvalue weighted by Gasteiger charge is 2.02. The lowest BCUT2D eigenvalue weighted by Crippen LogP contribution is -1.75. The van der Waals surface area contributed by atoms with Crippen molar-refractivity contribution in [3.63, 3.8) is 0 Å². The van der Waals surface area contributed by atoms with Gasteiger partial charge in [0, 0.05) is 9.75 Å². The van der Waals surface area contributed by atoms with E-state index in [1.807, 2.05) is 30.3 Å². The standard InChI is InChI=1S/C12H9NOS/c13-7-9-2-1-3-10(6-9)12-5-4-11(8-14)15-12/h1-6,14H,8H2. The van der Waals surface area contributed by atoms with Gasteiger partial charge in [0.25, 0.3) is 0 Å². The summed E-state index contributed by atoms with van der Waals surface area (Å²) in [5.74, 6) is 0. The Morgan fingerprint density at radius 3 is 2.80 bits per heavy atom. The molecular formula is C12H9NOS. The van der Waals surface area contributed by atoms with Crippen LogP contribution in [0.25, 0.3) is 10.4 Å². The van der Waals surface area contributed by atoms with Gasteiger partial charge in [-0.1, -0.05) is 12.1 Å². The molecule has 1 heterocycles. The molecule has 0 saturated heterocycles. The smallest absolute Gasteiger partial charge is 0.0991 e. The molecule has 2 aromatic rings. The average molecular weight is 215 g/mol. The molecular weight excluding hydrogens is 206 g/mol. The van der Waals surface area contributed by atoms with Gasteiger partial charge in [-0.2, -0.15) is 5.26 Å². The van der Waals surface area contributed by atoms with Crippen LogP contribution in [0.1, 0.15) is 10.4 Å². The van der Waals surface area contributed by atoms with E-state index in [-0.39, 0.29) is 6.61 Å². The fourth-order valence-electron chi connectivity index (χ4n) is 1.36. The Balaban J connectivity index is 2.41. The first-order valence-corrected chi connectivity index (χ1v) is 5.35. The summed E-state index contributed by atoms with van der Waals surface area (Å²) in [5.41, 5.74) is 1.69. The van der Waals surface area contributed by atoms with Crippen molar-refractivity contribution >= 4 is 11.3 Å². The third-order valence-corrected chi connectivity index (χ3v) is 3.21. The van der Waals surface area contributed by atoms with Crippen molar-refractivity contribution in [2.75, 3.05) is 0 Å². The molecule has 74 valence electrons. The molecule has 0 unspecified atom stereocenters. The zero-order chi connectivity index (χ0) is 10.7. The zero-order valence-corrected chi connectivity index (χ0v) is 8.79. The number of aliphatic hydroxyl groups is 1. The maximum Gasteiger partial charge on any atom is 0.0991 e. The van der Waals surface area contributed by atoms with Gasteiger partial charge in [0.1, 0.15) is 0 Å². The minimum absolute atomic E-state index is 0.0720. The maximum absolute atomic E-state index is 8.96. The fourth-order valence-corrected chi connectivity index (χ4v) is 2.22. The molecule has 2 nitrogen and oxygen atoms in total. The largest absolute Gasteiger partial charge is 0.391 e. The van der Waals surface area contributed by atoms with Crippen molar-refractivity contribution in [1.82, 2.24) is 0 Å². The van der Waals surface area contributed by atoms with Crippen molar-refractivity contribution in [3.8, 4) is 16.5 Å². The molecule has 3 heteroatoms. The molecule has 15 heavy (non-hydrogen) atoms. The molecule has 0 fully saturated rings. The number of hydrogen-bond acceptors (Lipinski definition) is 3. The maximum atomic E-state index is 8.96. The highest BCUT2D eigenvalue weighted by molar-refractivity contribution is 7.15. The first-order chi connectivity index (χ1) is 7.33. The summed E-state index contributed by atoms with van der Waals surface area (Å²) in [5, 5.41) is 17.7. The lowest BCUT2D eigenvalue weighted by Gasteiger charge is -1.96. The van der Waals surface area contributed by atoms with Gasteiger partial charge in [-0.05, 0) is 29.8 Å². The first-order valence-electron chi connectivity index (χ1n) is 4.53. The Morgan fingerprint density at radius 1 is 1.27 bits per heavy atom. The molecule has 0 radical (unpaired) electrons. The molecule has 0 atom stereocenters. The molecule has 1 aromatic carbocycles. The van der Waals surface area contributed by atoms with Gasteiger partial charge in [0.15, 0.2) is 0 Å². The Labute approximate surface area is 92.0 Å². The van der Waals surface area contributed by atoms with Gasteiger partial charge in [0.2, 0.25) is 0 Å². The summed E-state index contributed by atoms with van der Waals surface area (Å²) in [6, 6.07) is 13.4. The number of rotatable bonds is 2. The number of aliphatic hydroxyl groups excluding tert-OH is 1. The normalized spacial score (nSPS) is 9.87.